The van der Waals surface area contributed by atoms with Gasteiger partial charge in [-0.3, -0.25) is 14.6 Å². The first-order valence-corrected chi connectivity index (χ1v) is 8.72. The molecule has 0 aliphatic carbocycles. The van der Waals surface area contributed by atoms with Gasteiger partial charge >= 0.3 is 0 Å². The van der Waals surface area contributed by atoms with Crippen LogP contribution in [-0.2, 0) is 14.3 Å². The van der Waals surface area contributed by atoms with Crippen LogP contribution in [0.15, 0.2) is 36.5 Å². The van der Waals surface area contributed by atoms with Crippen molar-refractivity contribution in [1.29, 1.82) is 0 Å². The van der Waals surface area contributed by atoms with Crippen molar-refractivity contribution in [2.45, 2.75) is 12.1 Å². The molecule has 2 fully saturated rings. The second kappa shape index (κ2) is 7.01. The fourth-order valence-corrected chi connectivity index (χ4v) is 3.77. The molecule has 0 unspecified atom stereocenters. The third-order valence-electron chi connectivity index (χ3n) is 5.08. The number of rotatable bonds is 4. The average Bonchev–Trinajstić information content (AvgIpc) is 3.10. The van der Waals surface area contributed by atoms with Gasteiger partial charge in [-0.1, -0.05) is 12.1 Å². The van der Waals surface area contributed by atoms with Crippen LogP contribution in [0.5, 0.6) is 0 Å². The molecule has 1 aromatic carbocycles. The van der Waals surface area contributed by atoms with Gasteiger partial charge in [0, 0.05) is 43.9 Å². The van der Waals surface area contributed by atoms with E-state index in [1.807, 2.05) is 30.3 Å². The summed E-state index contributed by atoms with van der Waals surface area (Å²) in [6.45, 7) is 2.00. The maximum atomic E-state index is 13.1. The molecular weight excluding hydrogens is 334 g/mol. The number of benzene rings is 1. The van der Waals surface area contributed by atoms with E-state index in [4.69, 9.17) is 9.47 Å². The van der Waals surface area contributed by atoms with Gasteiger partial charge in [0.1, 0.15) is 6.61 Å². The summed E-state index contributed by atoms with van der Waals surface area (Å²) in [7, 11) is 1.61. The van der Waals surface area contributed by atoms with Gasteiger partial charge in [0.15, 0.2) is 0 Å². The number of hydrogen-bond acceptors (Lipinski definition) is 5. The number of pyridine rings is 1. The van der Waals surface area contributed by atoms with Crippen LogP contribution in [0.3, 0.4) is 0 Å². The van der Waals surface area contributed by atoms with Gasteiger partial charge in [-0.2, -0.15) is 0 Å². The highest BCUT2D eigenvalue weighted by atomic mass is 16.5. The molecule has 2 atom stereocenters. The molecule has 0 bridgehead atoms. The lowest BCUT2D eigenvalue weighted by Gasteiger charge is -2.36. The summed E-state index contributed by atoms with van der Waals surface area (Å²) in [5.74, 6) is -0.104. The number of aromatic nitrogens is 1. The molecule has 4 rings (SSSR count). The number of carbonyl (C=O) groups is 2. The van der Waals surface area contributed by atoms with Gasteiger partial charge < -0.3 is 19.3 Å². The Balaban J connectivity index is 1.57. The van der Waals surface area contributed by atoms with Crippen LogP contribution in [0.25, 0.3) is 10.9 Å². The molecule has 0 N–H and O–H groups in total. The lowest BCUT2D eigenvalue weighted by Crippen LogP contribution is -2.54. The predicted molar refractivity (Wildman–Crippen MR) is 94.8 cm³/mol. The largest absolute Gasteiger partial charge is 0.383 e. The minimum Gasteiger partial charge on any atom is -0.383 e. The highest BCUT2D eigenvalue weighted by Crippen LogP contribution is 2.26. The van der Waals surface area contributed by atoms with Gasteiger partial charge in [0.25, 0.3) is 5.91 Å². The molecular formula is C19H21N3O4. The van der Waals surface area contributed by atoms with Gasteiger partial charge in [-0.15, -0.1) is 0 Å². The molecule has 0 spiro atoms. The molecule has 3 heterocycles. The zero-order valence-corrected chi connectivity index (χ0v) is 14.6. The van der Waals surface area contributed by atoms with Crippen LogP contribution in [0.1, 0.15) is 10.4 Å². The fourth-order valence-electron chi connectivity index (χ4n) is 3.77. The van der Waals surface area contributed by atoms with Crippen LogP contribution in [0.4, 0.5) is 0 Å². The Bertz CT molecular complexity index is 835. The molecule has 2 aromatic rings. The number of methoxy groups -OCH3 is 1. The lowest BCUT2D eigenvalue weighted by molar-refractivity contribution is -0.153. The van der Waals surface area contributed by atoms with Crippen molar-refractivity contribution in [3.63, 3.8) is 0 Å². The number of nitrogens with zero attached hydrogens (tertiary/aromatic N) is 3. The minimum absolute atomic E-state index is 0.0491. The predicted octanol–water partition coefficient (Wildman–Crippen LogP) is 0.933. The van der Waals surface area contributed by atoms with Crippen molar-refractivity contribution in [3.8, 4) is 0 Å². The Morgan fingerprint density at radius 2 is 2.19 bits per heavy atom. The van der Waals surface area contributed by atoms with E-state index in [-0.39, 0.29) is 30.6 Å². The van der Waals surface area contributed by atoms with E-state index in [0.717, 1.165) is 10.9 Å². The number of ether oxygens (including phenoxy) is 2. The molecule has 2 saturated heterocycles. The Morgan fingerprint density at radius 3 is 3.04 bits per heavy atom. The second-order valence-electron chi connectivity index (χ2n) is 6.58. The van der Waals surface area contributed by atoms with E-state index in [9.17, 15) is 9.59 Å². The summed E-state index contributed by atoms with van der Waals surface area (Å²) in [5, 5.41) is 0.836. The third kappa shape index (κ3) is 2.93. The normalized spacial score (nSPS) is 22.7. The summed E-state index contributed by atoms with van der Waals surface area (Å²) < 4.78 is 10.8. The molecule has 2 amide bonds. The first kappa shape index (κ1) is 16.9. The lowest BCUT2D eigenvalue weighted by atomic mass is 10.1. The third-order valence-corrected chi connectivity index (χ3v) is 5.08. The minimum atomic E-state index is -0.151. The van der Waals surface area contributed by atoms with E-state index in [2.05, 4.69) is 4.98 Å². The molecule has 26 heavy (non-hydrogen) atoms. The first-order valence-electron chi connectivity index (χ1n) is 8.72. The average molecular weight is 355 g/mol. The van der Waals surface area contributed by atoms with Crippen LogP contribution in [0, 0.1) is 0 Å². The van der Waals surface area contributed by atoms with E-state index >= 15 is 0 Å². The van der Waals surface area contributed by atoms with Crippen molar-refractivity contribution in [1.82, 2.24) is 14.8 Å². The smallest absolute Gasteiger partial charge is 0.254 e. The SMILES string of the molecule is COCCN1C(=O)CO[C@H]2CN(C(=O)c3cccc4ncccc34)C[C@@H]21. The van der Waals surface area contributed by atoms with Gasteiger partial charge in [0.2, 0.25) is 5.91 Å². The Kier molecular flexibility index (Phi) is 4.57. The Morgan fingerprint density at radius 1 is 1.31 bits per heavy atom. The first-order chi connectivity index (χ1) is 12.7. The zero-order chi connectivity index (χ0) is 18.1. The Hall–Kier alpha value is -2.51. The number of carbonyl (C=O) groups excluding carboxylic acids is 2. The monoisotopic (exact) mass is 355 g/mol. The molecule has 0 saturated carbocycles. The van der Waals surface area contributed by atoms with Gasteiger partial charge in [-0.05, 0) is 18.2 Å². The van der Waals surface area contributed by atoms with E-state index < -0.39 is 0 Å². The van der Waals surface area contributed by atoms with Crippen LogP contribution in [0.2, 0.25) is 0 Å². The van der Waals surface area contributed by atoms with Crippen LogP contribution < -0.4 is 0 Å². The maximum absolute atomic E-state index is 13.1. The zero-order valence-electron chi connectivity index (χ0n) is 14.6. The Labute approximate surface area is 151 Å². The summed E-state index contributed by atoms with van der Waals surface area (Å²) in [4.78, 5) is 33.2. The number of morpholine rings is 1. The molecule has 2 aliphatic rings. The summed E-state index contributed by atoms with van der Waals surface area (Å²) in [6.07, 6.45) is 1.57. The molecule has 136 valence electrons. The molecule has 2 aliphatic heterocycles. The molecule has 7 heteroatoms. The van der Waals surface area contributed by atoms with Crippen molar-refractivity contribution in [3.05, 3.63) is 42.1 Å². The molecule has 7 nitrogen and oxygen atoms in total. The summed E-state index contributed by atoms with van der Waals surface area (Å²) >= 11 is 0. The van der Waals surface area contributed by atoms with Crippen LogP contribution >= 0.6 is 0 Å². The van der Waals surface area contributed by atoms with E-state index in [0.29, 0.717) is 31.8 Å². The van der Waals surface area contributed by atoms with E-state index in [1.54, 1.807) is 23.1 Å². The van der Waals surface area contributed by atoms with Crippen molar-refractivity contribution >= 4 is 22.7 Å². The molecule has 0 radical (unpaired) electrons. The standard InChI is InChI=1S/C19H21N3O4/c1-25-9-8-22-16-10-21(11-17(16)26-12-18(22)23)19(24)14-4-2-6-15-13(14)5-3-7-20-15/h2-7,16-17H,8-12H2,1H3/t16-,17-/m0/s1. The number of likely N-dealkylation sites (tertiary alicyclic amines) is 1. The molecule has 1 aromatic heterocycles. The number of hydrogen-bond donors (Lipinski definition) is 0. The van der Waals surface area contributed by atoms with Crippen molar-refractivity contribution in [2.24, 2.45) is 0 Å². The van der Waals surface area contributed by atoms with Crippen molar-refractivity contribution < 1.29 is 19.1 Å². The number of fused-ring (bicyclic) bond motifs is 2. The maximum Gasteiger partial charge on any atom is 0.254 e. The topological polar surface area (TPSA) is 72.0 Å². The second-order valence-corrected chi connectivity index (χ2v) is 6.58. The van der Waals surface area contributed by atoms with Crippen LogP contribution in [-0.4, -0.2) is 78.7 Å². The van der Waals surface area contributed by atoms with Gasteiger partial charge in [-0.25, -0.2) is 0 Å². The number of amides is 2. The van der Waals surface area contributed by atoms with E-state index in [1.165, 1.54) is 0 Å². The van der Waals surface area contributed by atoms with Crippen molar-refractivity contribution in [2.75, 3.05) is 40.0 Å². The highest BCUT2D eigenvalue weighted by molar-refractivity contribution is 6.06. The summed E-state index contributed by atoms with van der Waals surface area (Å²) in [6, 6.07) is 9.17. The fraction of sp³-hybridized carbons (Fsp3) is 0.421. The summed E-state index contributed by atoms with van der Waals surface area (Å²) in [5.41, 5.74) is 1.42. The highest BCUT2D eigenvalue weighted by Gasteiger charge is 2.44. The quantitative estimate of drug-likeness (QED) is 0.816. The van der Waals surface area contributed by atoms with Gasteiger partial charge in [0.05, 0.1) is 24.3 Å².